The molecule has 2 fully saturated rings. The van der Waals surface area contributed by atoms with E-state index in [-0.39, 0.29) is 5.91 Å². The smallest absolute Gasteiger partial charge is 0.236 e. The number of amides is 1. The molecule has 3 rings (SSSR count). The van der Waals surface area contributed by atoms with Crippen LogP contribution in [-0.2, 0) is 4.79 Å². The summed E-state index contributed by atoms with van der Waals surface area (Å²) in [5, 5.41) is 13.7. The number of nitrogens with zero attached hydrogens (tertiary/aromatic N) is 5. The summed E-state index contributed by atoms with van der Waals surface area (Å²) in [6, 6.07) is 3.63. The van der Waals surface area contributed by atoms with Gasteiger partial charge in [0.05, 0.1) is 19.2 Å². The van der Waals surface area contributed by atoms with Crippen molar-refractivity contribution in [2.24, 2.45) is 4.99 Å². The van der Waals surface area contributed by atoms with Gasteiger partial charge in [0.15, 0.2) is 5.96 Å². The Morgan fingerprint density at radius 3 is 2.37 bits per heavy atom. The SMILES string of the molecule is CCNC(=NCC(O)c1ccncc1)N1CCN(CC(=O)N2CCCCCC2)CC1. The molecule has 3 heterocycles. The van der Waals surface area contributed by atoms with Crippen LogP contribution in [0.4, 0.5) is 0 Å². The lowest BCUT2D eigenvalue weighted by Crippen LogP contribution is -2.54. The summed E-state index contributed by atoms with van der Waals surface area (Å²) in [5.41, 5.74) is 0.821. The minimum absolute atomic E-state index is 0.270. The fourth-order valence-corrected chi connectivity index (χ4v) is 4.02. The van der Waals surface area contributed by atoms with Crippen LogP contribution in [0.1, 0.15) is 44.3 Å². The fourth-order valence-electron chi connectivity index (χ4n) is 4.02. The van der Waals surface area contributed by atoms with Crippen LogP contribution < -0.4 is 5.32 Å². The molecule has 1 atom stereocenters. The van der Waals surface area contributed by atoms with Gasteiger partial charge in [0, 0.05) is 58.2 Å². The van der Waals surface area contributed by atoms with Gasteiger partial charge in [0.25, 0.3) is 0 Å². The highest BCUT2D eigenvalue weighted by atomic mass is 16.3. The summed E-state index contributed by atoms with van der Waals surface area (Å²) in [7, 11) is 0. The van der Waals surface area contributed by atoms with Crippen LogP contribution in [0.3, 0.4) is 0 Å². The Labute approximate surface area is 180 Å². The monoisotopic (exact) mass is 416 g/mol. The van der Waals surface area contributed by atoms with E-state index in [0.717, 1.165) is 70.2 Å². The molecule has 30 heavy (non-hydrogen) atoms. The van der Waals surface area contributed by atoms with Crippen molar-refractivity contribution in [2.45, 2.75) is 38.7 Å². The third kappa shape index (κ3) is 6.67. The Morgan fingerprint density at radius 1 is 1.07 bits per heavy atom. The average molecular weight is 417 g/mol. The van der Waals surface area contributed by atoms with Crippen molar-refractivity contribution >= 4 is 11.9 Å². The lowest BCUT2D eigenvalue weighted by molar-refractivity contribution is -0.132. The number of rotatable bonds is 6. The molecule has 2 aliphatic heterocycles. The molecule has 1 amide bonds. The van der Waals surface area contributed by atoms with Gasteiger partial charge in [0.2, 0.25) is 5.91 Å². The van der Waals surface area contributed by atoms with Gasteiger partial charge in [-0.3, -0.25) is 19.7 Å². The molecule has 8 nitrogen and oxygen atoms in total. The standard InChI is InChI=1S/C22H36N6O2/c1-2-24-22(25-17-20(29)19-7-9-23-10-8-19)28-15-13-26(14-16-28)18-21(30)27-11-5-3-4-6-12-27/h7-10,20,29H,2-6,11-18H2,1H3,(H,24,25). The number of aliphatic hydroxyl groups is 1. The third-order valence-electron chi connectivity index (χ3n) is 5.83. The van der Waals surface area contributed by atoms with Crippen molar-refractivity contribution in [3.63, 3.8) is 0 Å². The number of aromatic nitrogens is 1. The molecule has 2 aliphatic rings. The number of aliphatic imine (C=N–C) groups is 1. The Hall–Kier alpha value is -2.19. The van der Waals surface area contributed by atoms with Crippen LogP contribution in [0.5, 0.6) is 0 Å². The fraction of sp³-hybridized carbons (Fsp3) is 0.682. The third-order valence-corrected chi connectivity index (χ3v) is 5.83. The number of hydrogen-bond acceptors (Lipinski definition) is 5. The predicted molar refractivity (Wildman–Crippen MR) is 118 cm³/mol. The minimum Gasteiger partial charge on any atom is -0.386 e. The van der Waals surface area contributed by atoms with Crippen LogP contribution in [0, 0.1) is 0 Å². The highest BCUT2D eigenvalue weighted by Gasteiger charge is 2.24. The lowest BCUT2D eigenvalue weighted by Gasteiger charge is -2.37. The summed E-state index contributed by atoms with van der Waals surface area (Å²) in [6.07, 6.45) is 7.46. The first-order chi connectivity index (χ1) is 14.7. The van der Waals surface area contributed by atoms with Crippen LogP contribution in [-0.4, -0.2) is 95.6 Å². The molecule has 0 aliphatic carbocycles. The van der Waals surface area contributed by atoms with E-state index < -0.39 is 6.10 Å². The lowest BCUT2D eigenvalue weighted by atomic mass is 10.1. The Morgan fingerprint density at radius 2 is 1.73 bits per heavy atom. The Kier molecular flexibility index (Phi) is 8.89. The van der Waals surface area contributed by atoms with Gasteiger partial charge >= 0.3 is 0 Å². The topological polar surface area (TPSA) is 84.3 Å². The van der Waals surface area contributed by atoms with E-state index in [1.54, 1.807) is 12.4 Å². The number of likely N-dealkylation sites (tertiary alicyclic amines) is 1. The second-order valence-electron chi connectivity index (χ2n) is 8.05. The summed E-state index contributed by atoms with van der Waals surface area (Å²) < 4.78 is 0. The quantitative estimate of drug-likeness (QED) is 0.534. The second kappa shape index (κ2) is 11.9. The molecular weight excluding hydrogens is 380 g/mol. The first-order valence-electron chi connectivity index (χ1n) is 11.3. The van der Waals surface area contributed by atoms with Crippen LogP contribution >= 0.6 is 0 Å². The number of guanidine groups is 1. The van der Waals surface area contributed by atoms with Crippen molar-refractivity contribution in [3.05, 3.63) is 30.1 Å². The van der Waals surface area contributed by atoms with E-state index in [4.69, 9.17) is 0 Å². The summed E-state index contributed by atoms with van der Waals surface area (Å²) in [4.78, 5) is 27.8. The minimum atomic E-state index is -0.644. The zero-order valence-corrected chi connectivity index (χ0v) is 18.2. The van der Waals surface area contributed by atoms with Crippen molar-refractivity contribution in [1.82, 2.24) is 25.0 Å². The number of aliphatic hydroxyl groups excluding tert-OH is 1. The maximum absolute atomic E-state index is 12.7. The van der Waals surface area contributed by atoms with Crippen molar-refractivity contribution in [3.8, 4) is 0 Å². The Bertz CT molecular complexity index is 667. The maximum atomic E-state index is 12.7. The largest absolute Gasteiger partial charge is 0.386 e. The molecular formula is C22H36N6O2. The van der Waals surface area contributed by atoms with Gasteiger partial charge in [-0.1, -0.05) is 12.8 Å². The maximum Gasteiger partial charge on any atom is 0.236 e. The van der Waals surface area contributed by atoms with E-state index in [9.17, 15) is 9.90 Å². The number of nitrogens with one attached hydrogen (secondary N) is 1. The molecule has 1 aromatic heterocycles. The molecule has 0 bridgehead atoms. The molecule has 0 saturated carbocycles. The number of piperazine rings is 1. The van der Waals surface area contributed by atoms with E-state index in [2.05, 4.69) is 25.1 Å². The highest BCUT2D eigenvalue weighted by molar-refractivity contribution is 5.80. The first kappa shape index (κ1) is 22.5. The molecule has 0 radical (unpaired) electrons. The zero-order valence-electron chi connectivity index (χ0n) is 18.2. The molecule has 1 aromatic rings. The van der Waals surface area contributed by atoms with Gasteiger partial charge in [0.1, 0.15) is 0 Å². The molecule has 0 spiro atoms. The summed E-state index contributed by atoms with van der Waals surface area (Å²) in [5.74, 6) is 1.09. The van der Waals surface area contributed by atoms with E-state index >= 15 is 0 Å². The van der Waals surface area contributed by atoms with Gasteiger partial charge < -0.3 is 20.2 Å². The van der Waals surface area contributed by atoms with Gasteiger partial charge in [-0.15, -0.1) is 0 Å². The second-order valence-corrected chi connectivity index (χ2v) is 8.05. The molecule has 8 heteroatoms. The molecule has 1 unspecified atom stereocenters. The number of hydrogen-bond donors (Lipinski definition) is 2. The van der Waals surface area contributed by atoms with Gasteiger partial charge in [-0.2, -0.15) is 0 Å². The molecule has 0 aromatic carbocycles. The van der Waals surface area contributed by atoms with E-state index in [1.165, 1.54) is 12.8 Å². The summed E-state index contributed by atoms with van der Waals surface area (Å²) in [6.45, 7) is 8.81. The Balaban J connectivity index is 1.49. The highest BCUT2D eigenvalue weighted by Crippen LogP contribution is 2.13. The van der Waals surface area contributed by atoms with E-state index in [1.807, 2.05) is 24.0 Å². The van der Waals surface area contributed by atoms with Gasteiger partial charge in [-0.25, -0.2) is 0 Å². The van der Waals surface area contributed by atoms with Gasteiger partial charge in [-0.05, 0) is 37.5 Å². The van der Waals surface area contributed by atoms with Crippen LogP contribution in [0.2, 0.25) is 0 Å². The molecule has 2 N–H and O–H groups in total. The molecule has 2 saturated heterocycles. The van der Waals surface area contributed by atoms with E-state index in [0.29, 0.717) is 13.1 Å². The number of pyridine rings is 1. The average Bonchev–Trinajstić information content (AvgIpc) is 3.07. The zero-order chi connectivity index (χ0) is 21.2. The van der Waals surface area contributed by atoms with Crippen molar-refractivity contribution in [1.29, 1.82) is 0 Å². The van der Waals surface area contributed by atoms with Crippen molar-refractivity contribution < 1.29 is 9.90 Å². The van der Waals surface area contributed by atoms with Crippen LogP contribution in [0.15, 0.2) is 29.5 Å². The number of carbonyl (C=O) groups excluding carboxylic acids is 1. The molecule has 166 valence electrons. The van der Waals surface area contributed by atoms with Crippen molar-refractivity contribution in [2.75, 3.05) is 58.9 Å². The van der Waals surface area contributed by atoms with Crippen LogP contribution in [0.25, 0.3) is 0 Å². The first-order valence-corrected chi connectivity index (χ1v) is 11.3. The number of carbonyl (C=O) groups is 1. The normalized spacial score (nSPS) is 20.0. The summed E-state index contributed by atoms with van der Waals surface area (Å²) >= 11 is 0. The predicted octanol–water partition coefficient (Wildman–Crippen LogP) is 1.10.